The molecular formula is C22H26N2. The lowest BCUT2D eigenvalue weighted by Crippen LogP contribution is -2.11. The van der Waals surface area contributed by atoms with E-state index in [4.69, 9.17) is 4.98 Å². The molecule has 0 aliphatic carbocycles. The third-order valence-electron chi connectivity index (χ3n) is 4.47. The van der Waals surface area contributed by atoms with Gasteiger partial charge in [-0.3, -0.25) is 0 Å². The zero-order valence-electron chi connectivity index (χ0n) is 15.5. The molecule has 0 atom stereocenters. The maximum absolute atomic E-state index is 4.80. The monoisotopic (exact) mass is 318 g/mol. The average Bonchev–Trinajstić information content (AvgIpc) is 2.52. The summed E-state index contributed by atoms with van der Waals surface area (Å²) >= 11 is 0. The minimum Gasteiger partial charge on any atom is -0.236 e. The smallest absolute Gasteiger partial charge is 0.159 e. The fourth-order valence-corrected chi connectivity index (χ4v) is 2.90. The quantitative estimate of drug-likeness (QED) is 0.577. The van der Waals surface area contributed by atoms with Crippen molar-refractivity contribution in [2.45, 2.75) is 52.9 Å². The van der Waals surface area contributed by atoms with Gasteiger partial charge in [-0.05, 0) is 53.6 Å². The van der Waals surface area contributed by atoms with Crippen molar-refractivity contribution in [2.75, 3.05) is 0 Å². The lowest BCUT2D eigenvalue weighted by atomic mass is 9.85. The van der Waals surface area contributed by atoms with Crippen LogP contribution in [0.25, 0.3) is 22.3 Å². The fourth-order valence-electron chi connectivity index (χ4n) is 2.90. The summed E-state index contributed by atoms with van der Waals surface area (Å²) in [6.07, 6.45) is 1.95. The van der Waals surface area contributed by atoms with Crippen molar-refractivity contribution in [3.63, 3.8) is 0 Å². The molecule has 24 heavy (non-hydrogen) atoms. The average molecular weight is 318 g/mol. The number of aromatic nitrogens is 2. The minimum absolute atomic E-state index is 0.115. The van der Waals surface area contributed by atoms with E-state index in [-0.39, 0.29) is 5.41 Å². The van der Waals surface area contributed by atoms with Gasteiger partial charge in [-0.2, -0.15) is 0 Å². The van der Waals surface area contributed by atoms with Gasteiger partial charge in [0.1, 0.15) is 0 Å². The Morgan fingerprint density at radius 2 is 1.71 bits per heavy atom. The van der Waals surface area contributed by atoms with E-state index in [0.29, 0.717) is 5.92 Å². The van der Waals surface area contributed by atoms with Crippen molar-refractivity contribution in [3.05, 3.63) is 59.3 Å². The van der Waals surface area contributed by atoms with Crippen LogP contribution in [0.3, 0.4) is 0 Å². The van der Waals surface area contributed by atoms with E-state index in [9.17, 15) is 0 Å². The Morgan fingerprint density at radius 1 is 0.958 bits per heavy atom. The predicted octanol–water partition coefficient (Wildman–Crippen LogP) is 6.03. The van der Waals surface area contributed by atoms with Crippen molar-refractivity contribution in [2.24, 2.45) is 0 Å². The van der Waals surface area contributed by atoms with Crippen molar-refractivity contribution in [1.29, 1.82) is 0 Å². The molecule has 2 heteroatoms. The lowest BCUT2D eigenvalue weighted by Gasteiger charge is -2.20. The SMILES string of the molecule is Cc1cc(-c2ncc3cc(C(C)C)ccc3n2)cc(C(C)(C)C)c1. The molecule has 1 aromatic heterocycles. The molecule has 3 rings (SSSR count). The molecule has 0 aliphatic rings. The molecule has 0 radical (unpaired) electrons. The summed E-state index contributed by atoms with van der Waals surface area (Å²) in [6.45, 7) is 13.3. The zero-order valence-corrected chi connectivity index (χ0v) is 15.5. The number of hydrogen-bond acceptors (Lipinski definition) is 2. The molecule has 0 amide bonds. The molecule has 0 saturated carbocycles. The van der Waals surface area contributed by atoms with Gasteiger partial charge in [-0.25, -0.2) is 9.97 Å². The van der Waals surface area contributed by atoms with Gasteiger partial charge in [0.25, 0.3) is 0 Å². The lowest BCUT2D eigenvalue weighted by molar-refractivity contribution is 0.590. The topological polar surface area (TPSA) is 25.8 Å². The van der Waals surface area contributed by atoms with Crippen LogP contribution in [0, 0.1) is 6.92 Å². The van der Waals surface area contributed by atoms with Crippen LogP contribution >= 0.6 is 0 Å². The summed E-state index contributed by atoms with van der Waals surface area (Å²) in [5.41, 5.74) is 6.10. The molecule has 0 bridgehead atoms. The van der Waals surface area contributed by atoms with E-state index < -0.39 is 0 Å². The van der Waals surface area contributed by atoms with Gasteiger partial charge in [-0.15, -0.1) is 0 Å². The molecule has 0 fully saturated rings. The van der Waals surface area contributed by atoms with Crippen LogP contribution in [0.5, 0.6) is 0 Å². The van der Waals surface area contributed by atoms with Crippen molar-refractivity contribution in [3.8, 4) is 11.4 Å². The third kappa shape index (κ3) is 3.33. The predicted molar refractivity (Wildman–Crippen MR) is 103 cm³/mol. The molecule has 0 N–H and O–H groups in total. The molecule has 0 aliphatic heterocycles. The van der Waals surface area contributed by atoms with Crippen molar-refractivity contribution < 1.29 is 0 Å². The summed E-state index contributed by atoms with van der Waals surface area (Å²) in [7, 11) is 0. The van der Waals surface area contributed by atoms with Crippen LogP contribution in [0.4, 0.5) is 0 Å². The number of fused-ring (bicyclic) bond motifs is 1. The first-order valence-electron chi connectivity index (χ1n) is 8.63. The van der Waals surface area contributed by atoms with Crippen LogP contribution in [0.1, 0.15) is 57.2 Å². The number of nitrogens with zero attached hydrogens (tertiary/aromatic N) is 2. The Hall–Kier alpha value is -2.22. The highest BCUT2D eigenvalue weighted by Gasteiger charge is 2.16. The van der Waals surface area contributed by atoms with Crippen LogP contribution in [0.15, 0.2) is 42.6 Å². The molecule has 0 unspecified atom stereocenters. The van der Waals surface area contributed by atoms with Gasteiger partial charge in [0.05, 0.1) is 5.52 Å². The largest absolute Gasteiger partial charge is 0.236 e. The molecule has 124 valence electrons. The van der Waals surface area contributed by atoms with Gasteiger partial charge in [0.15, 0.2) is 5.82 Å². The summed E-state index contributed by atoms with van der Waals surface area (Å²) in [4.78, 5) is 9.43. The van der Waals surface area contributed by atoms with Gasteiger partial charge in [0.2, 0.25) is 0 Å². The maximum Gasteiger partial charge on any atom is 0.159 e. The van der Waals surface area contributed by atoms with E-state index in [0.717, 1.165) is 22.3 Å². The van der Waals surface area contributed by atoms with Gasteiger partial charge in [0, 0.05) is 17.1 Å². The van der Waals surface area contributed by atoms with Crippen LogP contribution in [-0.2, 0) is 5.41 Å². The van der Waals surface area contributed by atoms with Crippen LogP contribution in [-0.4, -0.2) is 9.97 Å². The Kier molecular flexibility index (Phi) is 4.16. The Bertz CT molecular complexity index is 886. The summed E-state index contributed by atoms with van der Waals surface area (Å²) < 4.78 is 0. The van der Waals surface area contributed by atoms with Gasteiger partial charge in [-0.1, -0.05) is 52.3 Å². The molecular weight excluding hydrogens is 292 g/mol. The zero-order chi connectivity index (χ0) is 17.5. The number of rotatable bonds is 2. The fraction of sp³-hybridized carbons (Fsp3) is 0.364. The first kappa shape index (κ1) is 16.6. The summed E-state index contributed by atoms with van der Waals surface area (Å²) in [6, 6.07) is 13.1. The first-order chi connectivity index (χ1) is 11.2. The molecule has 0 saturated heterocycles. The summed E-state index contributed by atoms with van der Waals surface area (Å²) in [5, 5.41) is 1.11. The third-order valence-corrected chi connectivity index (χ3v) is 4.47. The highest BCUT2D eigenvalue weighted by Crippen LogP contribution is 2.29. The Labute approximate surface area is 145 Å². The second-order valence-corrected chi connectivity index (χ2v) is 8.00. The van der Waals surface area contributed by atoms with Gasteiger partial charge >= 0.3 is 0 Å². The van der Waals surface area contributed by atoms with E-state index in [1.165, 1.54) is 16.7 Å². The van der Waals surface area contributed by atoms with Crippen LogP contribution < -0.4 is 0 Å². The molecule has 2 nitrogen and oxygen atoms in total. The maximum atomic E-state index is 4.80. The molecule has 1 heterocycles. The van der Waals surface area contributed by atoms with Crippen LogP contribution in [0.2, 0.25) is 0 Å². The minimum atomic E-state index is 0.115. The highest BCUT2D eigenvalue weighted by molar-refractivity contribution is 5.80. The van der Waals surface area contributed by atoms with Crippen molar-refractivity contribution in [1.82, 2.24) is 9.97 Å². The summed E-state index contributed by atoms with van der Waals surface area (Å²) in [5.74, 6) is 1.31. The second-order valence-electron chi connectivity index (χ2n) is 8.00. The van der Waals surface area contributed by atoms with E-state index in [1.807, 2.05) is 6.20 Å². The van der Waals surface area contributed by atoms with Gasteiger partial charge < -0.3 is 0 Å². The Balaban J connectivity index is 2.10. The highest BCUT2D eigenvalue weighted by atomic mass is 14.9. The number of benzene rings is 2. The van der Waals surface area contributed by atoms with Crippen molar-refractivity contribution >= 4 is 10.9 Å². The molecule has 2 aromatic carbocycles. The van der Waals surface area contributed by atoms with E-state index in [1.54, 1.807) is 0 Å². The molecule has 3 aromatic rings. The van der Waals surface area contributed by atoms with E-state index >= 15 is 0 Å². The first-order valence-corrected chi connectivity index (χ1v) is 8.63. The Morgan fingerprint density at radius 3 is 2.38 bits per heavy atom. The number of hydrogen-bond donors (Lipinski definition) is 0. The second kappa shape index (κ2) is 6.01. The van der Waals surface area contributed by atoms with E-state index in [2.05, 4.69) is 82.9 Å². The molecule has 0 spiro atoms. The number of aryl methyl sites for hydroxylation is 1. The normalized spacial score (nSPS) is 12.1. The standard InChI is InChI=1S/C22H26N2/c1-14(2)16-7-8-20-18(11-16)13-23-21(24-20)17-9-15(3)10-19(12-17)22(4,5)6/h7-14H,1-6H3.